The molecule has 0 aliphatic heterocycles. The molecule has 3 heteroatoms. The third-order valence-corrected chi connectivity index (χ3v) is 3.02. The van der Waals surface area contributed by atoms with Crippen molar-refractivity contribution in [3.8, 4) is 0 Å². The van der Waals surface area contributed by atoms with Gasteiger partial charge in [0.1, 0.15) is 11.9 Å². The number of hydrogen-bond acceptors (Lipinski definition) is 1. The van der Waals surface area contributed by atoms with Crippen molar-refractivity contribution in [2.75, 3.05) is 0 Å². The Kier molecular flexibility index (Phi) is 3.36. The molecule has 2 rings (SSSR count). The van der Waals surface area contributed by atoms with E-state index in [4.69, 9.17) is 0 Å². The SMILES string of the molecule is OC(c1ccccc1)c1ccc(Br)c(F)c1. The molecule has 1 N–H and O–H groups in total. The van der Waals surface area contributed by atoms with E-state index < -0.39 is 6.10 Å². The zero-order valence-corrected chi connectivity index (χ0v) is 9.99. The molecule has 0 aliphatic carbocycles. The molecule has 0 radical (unpaired) electrons. The monoisotopic (exact) mass is 280 g/mol. The highest BCUT2D eigenvalue weighted by Gasteiger charge is 2.11. The lowest BCUT2D eigenvalue weighted by Gasteiger charge is -2.11. The van der Waals surface area contributed by atoms with Gasteiger partial charge in [0.15, 0.2) is 0 Å². The molecule has 82 valence electrons. The van der Waals surface area contributed by atoms with Crippen LogP contribution in [0.15, 0.2) is 53.0 Å². The molecule has 0 spiro atoms. The maximum atomic E-state index is 13.3. The lowest BCUT2D eigenvalue weighted by Crippen LogP contribution is -1.99. The standard InChI is InChI=1S/C13H10BrFO/c14-11-7-6-10(8-12(11)15)13(16)9-4-2-1-3-5-9/h1-8,13,16H. The maximum Gasteiger partial charge on any atom is 0.137 e. The number of aliphatic hydroxyl groups is 1. The van der Waals surface area contributed by atoms with Gasteiger partial charge in [-0.3, -0.25) is 0 Å². The first kappa shape index (κ1) is 11.3. The third-order valence-electron chi connectivity index (χ3n) is 2.37. The van der Waals surface area contributed by atoms with Crippen LogP contribution in [0.4, 0.5) is 4.39 Å². The number of benzene rings is 2. The van der Waals surface area contributed by atoms with Crippen molar-refractivity contribution >= 4 is 15.9 Å². The van der Waals surface area contributed by atoms with E-state index in [1.54, 1.807) is 12.1 Å². The molecular weight excluding hydrogens is 271 g/mol. The zero-order valence-electron chi connectivity index (χ0n) is 8.40. The predicted octanol–water partition coefficient (Wildman–Crippen LogP) is 3.67. The van der Waals surface area contributed by atoms with Crippen molar-refractivity contribution < 1.29 is 9.50 Å². The summed E-state index contributed by atoms with van der Waals surface area (Å²) in [7, 11) is 0. The molecule has 2 aromatic carbocycles. The summed E-state index contributed by atoms with van der Waals surface area (Å²) < 4.78 is 13.7. The summed E-state index contributed by atoms with van der Waals surface area (Å²) in [6.07, 6.45) is -0.788. The van der Waals surface area contributed by atoms with Crippen molar-refractivity contribution in [2.45, 2.75) is 6.10 Å². The van der Waals surface area contributed by atoms with E-state index in [2.05, 4.69) is 15.9 Å². The van der Waals surface area contributed by atoms with Crippen LogP contribution in [0.1, 0.15) is 17.2 Å². The third kappa shape index (κ3) is 2.31. The fourth-order valence-corrected chi connectivity index (χ4v) is 1.76. The molecule has 0 fully saturated rings. The number of hydrogen-bond donors (Lipinski definition) is 1. The molecule has 1 nitrogen and oxygen atoms in total. The lowest BCUT2D eigenvalue weighted by atomic mass is 10.0. The summed E-state index contributed by atoms with van der Waals surface area (Å²) >= 11 is 3.08. The zero-order chi connectivity index (χ0) is 11.5. The Labute approximate surface area is 102 Å². The Balaban J connectivity index is 2.34. The average Bonchev–Trinajstić information content (AvgIpc) is 2.33. The van der Waals surface area contributed by atoms with Crippen molar-refractivity contribution in [1.82, 2.24) is 0 Å². The van der Waals surface area contributed by atoms with Crippen LogP contribution >= 0.6 is 15.9 Å². The highest BCUT2D eigenvalue weighted by Crippen LogP contribution is 2.25. The molecule has 0 saturated heterocycles. The molecular formula is C13H10BrFO. The molecule has 0 bridgehead atoms. The van der Waals surface area contributed by atoms with E-state index in [0.29, 0.717) is 10.0 Å². The summed E-state index contributed by atoms with van der Waals surface area (Å²) in [6, 6.07) is 13.8. The van der Waals surface area contributed by atoms with Crippen molar-refractivity contribution in [2.24, 2.45) is 0 Å². The second-order valence-electron chi connectivity index (χ2n) is 3.49. The summed E-state index contributed by atoms with van der Waals surface area (Å²) in [5, 5.41) is 10.0. The van der Waals surface area contributed by atoms with Crippen LogP contribution in [0, 0.1) is 5.82 Å². The Morgan fingerprint density at radius 1 is 1.00 bits per heavy atom. The highest BCUT2D eigenvalue weighted by molar-refractivity contribution is 9.10. The number of halogens is 2. The van der Waals surface area contributed by atoms with Gasteiger partial charge in [0.2, 0.25) is 0 Å². The number of aliphatic hydroxyl groups excluding tert-OH is 1. The van der Waals surface area contributed by atoms with E-state index in [0.717, 1.165) is 5.56 Å². The van der Waals surface area contributed by atoms with Gasteiger partial charge < -0.3 is 5.11 Å². The minimum Gasteiger partial charge on any atom is -0.384 e. The van der Waals surface area contributed by atoms with Crippen molar-refractivity contribution in [3.05, 3.63) is 69.9 Å². The number of rotatable bonds is 2. The van der Waals surface area contributed by atoms with Crippen LogP contribution in [0.2, 0.25) is 0 Å². The van der Waals surface area contributed by atoms with Gasteiger partial charge >= 0.3 is 0 Å². The molecule has 0 amide bonds. The molecule has 16 heavy (non-hydrogen) atoms. The van der Waals surface area contributed by atoms with E-state index in [1.807, 2.05) is 30.3 Å². The molecule has 1 atom stereocenters. The molecule has 0 heterocycles. The Morgan fingerprint density at radius 3 is 2.31 bits per heavy atom. The fourth-order valence-electron chi connectivity index (χ4n) is 1.51. The van der Waals surface area contributed by atoms with Gasteiger partial charge in [0.25, 0.3) is 0 Å². The van der Waals surface area contributed by atoms with Crippen molar-refractivity contribution in [3.63, 3.8) is 0 Å². The first-order valence-electron chi connectivity index (χ1n) is 4.86. The Hall–Kier alpha value is -1.19. The van der Waals surface area contributed by atoms with Gasteiger partial charge in [-0.25, -0.2) is 4.39 Å². The average molecular weight is 281 g/mol. The van der Waals surface area contributed by atoms with Crippen LogP contribution in [0.25, 0.3) is 0 Å². The quantitative estimate of drug-likeness (QED) is 0.890. The predicted molar refractivity (Wildman–Crippen MR) is 64.6 cm³/mol. The minimum absolute atomic E-state index is 0.368. The second kappa shape index (κ2) is 4.76. The Bertz CT molecular complexity index is 485. The first-order valence-corrected chi connectivity index (χ1v) is 5.66. The minimum atomic E-state index is -0.788. The summed E-state index contributed by atoms with van der Waals surface area (Å²) in [4.78, 5) is 0. The van der Waals surface area contributed by atoms with Crippen LogP contribution in [-0.4, -0.2) is 5.11 Å². The largest absolute Gasteiger partial charge is 0.384 e. The maximum absolute atomic E-state index is 13.3. The Morgan fingerprint density at radius 2 is 1.69 bits per heavy atom. The summed E-state index contributed by atoms with van der Waals surface area (Å²) in [5.74, 6) is -0.368. The van der Waals surface area contributed by atoms with Gasteiger partial charge in [0.05, 0.1) is 4.47 Å². The fraction of sp³-hybridized carbons (Fsp3) is 0.0769. The molecule has 0 aromatic heterocycles. The van der Waals surface area contributed by atoms with E-state index in [-0.39, 0.29) is 5.82 Å². The van der Waals surface area contributed by atoms with Gasteiger partial charge in [-0.1, -0.05) is 36.4 Å². The summed E-state index contributed by atoms with van der Waals surface area (Å²) in [5.41, 5.74) is 1.30. The van der Waals surface area contributed by atoms with Gasteiger partial charge in [0, 0.05) is 0 Å². The topological polar surface area (TPSA) is 20.2 Å². The van der Waals surface area contributed by atoms with Crippen LogP contribution in [-0.2, 0) is 0 Å². The van der Waals surface area contributed by atoms with Gasteiger partial charge in [-0.05, 0) is 39.2 Å². The van der Waals surface area contributed by atoms with E-state index in [9.17, 15) is 9.50 Å². The first-order chi connectivity index (χ1) is 7.68. The van der Waals surface area contributed by atoms with Gasteiger partial charge in [-0.15, -0.1) is 0 Å². The van der Waals surface area contributed by atoms with E-state index in [1.165, 1.54) is 6.07 Å². The highest BCUT2D eigenvalue weighted by atomic mass is 79.9. The lowest BCUT2D eigenvalue weighted by molar-refractivity contribution is 0.220. The van der Waals surface area contributed by atoms with Crippen LogP contribution < -0.4 is 0 Å². The molecule has 1 unspecified atom stereocenters. The van der Waals surface area contributed by atoms with Crippen LogP contribution in [0.3, 0.4) is 0 Å². The second-order valence-corrected chi connectivity index (χ2v) is 4.34. The van der Waals surface area contributed by atoms with Crippen molar-refractivity contribution in [1.29, 1.82) is 0 Å². The van der Waals surface area contributed by atoms with Crippen LogP contribution in [0.5, 0.6) is 0 Å². The smallest absolute Gasteiger partial charge is 0.137 e. The van der Waals surface area contributed by atoms with Gasteiger partial charge in [-0.2, -0.15) is 0 Å². The molecule has 0 saturated carbocycles. The summed E-state index contributed by atoms with van der Waals surface area (Å²) in [6.45, 7) is 0. The van der Waals surface area contributed by atoms with E-state index >= 15 is 0 Å². The normalized spacial score (nSPS) is 12.4. The molecule has 0 aliphatic rings. The molecule has 2 aromatic rings.